The molecule has 0 amide bonds. The summed E-state index contributed by atoms with van der Waals surface area (Å²) in [6, 6.07) is 29.4. The zero-order chi connectivity index (χ0) is 14.3. The van der Waals surface area contributed by atoms with E-state index >= 15 is 0 Å². The number of benzene rings is 3. The van der Waals surface area contributed by atoms with E-state index in [1.807, 2.05) is 12.1 Å². The summed E-state index contributed by atoms with van der Waals surface area (Å²) in [5, 5.41) is 0. The van der Waals surface area contributed by atoms with Crippen molar-refractivity contribution in [2.75, 3.05) is 0 Å². The first kappa shape index (κ1) is 13.7. The Kier molecular flexibility index (Phi) is 4.55. The molecular weight excluding hydrogens is 272 g/mol. The maximum absolute atomic E-state index is 2.18. The summed E-state index contributed by atoms with van der Waals surface area (Å²) in [5.74, 6) is 0. The van der Waals surface area contributed by atoms with E-state index in [1.165, 1.54) is 20.9 Å². The van der Waals surface area contributed by atoms with Crippen molar-refractivity contribution in [3.8, 4) is 0 Å². The molecular formula is C20H16S. The summed E-state index contributed by atoms with van der Waals surface area (Å²) in [5.41, 5.74) is 2.47. The van der Waals surface area contributed by atoms with Crippen LogP contribution in [0.25, 0.3) is 12.2 Å². The third-order valence-electron chi connectivity index (χ3n) is 3.14. The van der Waals surface area contributed by atoms with Gasteiger partial charge in [-0.1, -0.05) is 90.6 Å². The number of hydrogen-bond acceptors (Lipinski definition) is 1. The Morgan fingerprint density at radius 2 is 1.19 bits per heavy atom. The molecule has 0 aliphatic heterocycles. The third kappa shape index (κ3) is 3.87. The second-order valence-electron chi connectivity index (χ2n) is 4.70. The first-order chi connectivity index (χ1) is 10.4. The van der Waals surface area contributed by atoms with Crippen LogP contribution in [-0.4, -0.2) is 0 Å². The minimum absolute atomic E-state index is 1.22. The molecule has 0 fully saturated rings. The highest BCUT2D eigenvalue weighted by atomic mass is 32.2. The second kappa shape index (κ2) is 6.96. The summed E-state index contributed by atoms with van der Waals surface area (Å²) in [6.45, 7) is 0. The molecule has 0 aromatic heterocycles. The van der Waals surface area contributed by atoms with Crippen LogP contribution >= 0.6 is 11.8 Å². The quantitative estimate of drug-likeness (QED) is 0.530. The van der Waals surface area contributed by atoms with Crippen LogP contribution in [0.5, 0.6) is 0 Å². The predicted molar refractivity (Wildman–Crippen MR) is 92.4 cm³/mol. The van der Waals surface area contributed by atoms with Crippen molar-refractivity contribution < 1.29 is 0 Å². The maximum Gasteiger partial charge on any atom is 0.0194 e. The first-order valence-corrected chi connectivity index (χ1v) is 7.78. The van der Waals surface area contributed by atoms with Gasteiger partial charge < -0.3 is 0 Å². The van der Waals surface area contributed by atoms with Crippen LogP contribution in [0.3, 0.4) is 0 Å². The van der Waals surface area contributed by atoms with E-state index in [1.54, 1.807) is 11.8 Å². The van der Waals surface area contributed by atoms with Crippen molar-refractivity contribution in [2.24, 2.45) is 0 Å². The molecule has 0 bridgehead atoms. The Morgan fingerprint density at radius 3 is 1.95 bits per heavy atom. The van der Waals surface area contributed by atoms with E-state index in [0.29, 0.717) is 0 Å². The van der Waals surface area contributed by atoms with Gasteiger partial charge in [0.1, 0.15) is 0 Å². The number of hydrogen-bond donors (Lipinski definition) is 0. The van der Waals surface area contributed by atoms with Crippen molar-refractivity contribution in [1.82, 2.24) is 0 Å². The molecule has 0 heterocycles. The van der Waals surface area contributed by atoms with Crippen LogP contribution < -0.4 is 0 Å². The van der Waals surface area contributed by atoms with Crippen LogP contribution in [0.2, 0.25) is 0 Å². The average Bonchev–Trinajstić information content (AvgIpc) is 2.56. The van der Waals surface area contributed by atoms with Gasteiger partial charge in [0.25, 0.3) is 0 Å². The van der Waals surface area contributed by atoms with E-state index in [-0.39, 0.29) is 0 Å². The van der Waals surface area contributed by atoms with E-state index in [4.69, 9.17) is 0 Å². The van der Waals surface area contributed by atoms with Crippen LogP contribution in [0, 0.1) is 0 Å². The zero-order valence-electron chi connectivity index (χ0n) is 11.6. The molecule has 0 atom stereocenters. The summed E-state index contributed by atoms with van der Waals surface area (Å²) in [4.78, 5) is 2.54. The lowest BCUT2D eigenvalue weighted by atomic mass is 10.1. The van der Waals surface area contributed by atoms with Crippen molar-refractivity contribution in [3.63, 3.8) is 0 Å². The average molecular weight is 288 g/mol. The fourth-order valence-electron chi connectivity index (χ4n) is 2.08. The maximum atomic E-state index is 2.18. The smallest absolute Gasteiger partial charge is 0.0194 e. The number of rotatable bonds is 4. The van der Waals surface area contributed by atoms with Gasteiger partial charge in [-0.3, -0.25) is 0 Å². The molecule has 0 spiro atoms. The normalized spacial score (nSPS) is 10.9. The van der Waals surface area contributed by atoms with Crippen LogP contribution in [-0.2, 0) is 0 Å². The van der Waals surface area contributed by atoms with Crippen molar-refractivity contribution in [1.29, 1.82) is 0 Å². The van der Waals surface area contributed by atoms with Gasteiger partial charge in [-0.05, 0) is 29.3 Å². The molecule has 1 heteroatoms. The third-order valence-corrected chi connectivity index (χ3v) is 4.24. The Labute approximate surface area is 130 Å². The molecule has 0 aliphatic rings. The van der Waals surface area contributed by atoms with E-state index in [0.717, 1.165) is 0 Å². The van der Waals surface area contributed by atoms with Crippen LogP contribution in [0.1, 0.15) is 11.1 Å². The summed E-state index contributed by atoms with van der Waals surface area (Å²) < 4.78 is 0. The highest BCUT2D eigenvalue weighted by Gasteiger charge is 2.01. The first-order valence-electron chi connectivity index (χ1n) is 6.97. The van der Waals surface area contributed by atoms with Crippen molar-refractivity contribution in [2.45, 2.75) is 9.79 Å². The molecule has 0 aliphatic carbocycles. The van der Waals surface area contributed by atoms with Gasteiger partial charge in [-0.25, -0.2) is 0 Å². The Balaban J connectivity index is 1.84. The molecule has 21 heavy (non-hydrogen) atoms. The lowest BCUT2D eigenvalue weighted by Gasteiger charge is -2.05. The summed E-state index contributed by atoms with van der Waals surface area (Å²) >= 11 is 1.80. The van der Waals surface area contributed by atoms with E-state index in [2.05, 4.69) is 84.9 Å². The molecule has 102 valence electrons. The molecule has 3 aromatic carbocycles. The van der Waals surface area contributed by atoms with Crippen molar-refractivity contribution in [3.05, 3.63) is 96.1 Å². The molecule has 0 radical (unpaired) electrons. The largest absolute Gasteiger partial charge is 0.0895 e. The minimum atomic E-state index is 1.22. The summed E-state index contributed by atoms with van der Waals surface area (Å²) in [6.07, 6.45) is 4.34. The minimum Gasteiger partial charge on any atom is -0.0895 e. The monoisotopic (exact) mass is 288 g/mol. The van der Waals surface area contributed by atoms with Gasteiger partial charge >= 0.3 is 0 Å². The van der Waals surface area contributed by atoms with Gasteiger partial charge in [-0.2, -0.15) is 0 Å². The second-order valence-corrected chi connectivity index (χ2v) is 5.81. The zero-order valence-corrected chi connectivity index (χ0v) is 12.5. The standard InChI is InChI=1S/C20H16S/c1-3-9-17(10-4-1)15-16-18-11-7-8-14-20(18)21-19-12-5-2-6-13-19/h1-16H. The molecule has 0 saturated carbocycles. The topological polar surface area (TPSA) is 0 Å². The summed E-state index contributed by atoms with van der Waals surface area (Å²) in [7, 11) is 0. The van der Waals surface area contributed by atoms with Crippen LogP contribution in [0.15, 0.2) is 94.7 Å². The van der Waals surface area contributed by atoms with E-state index < -0.39 is 0 Å². The van der Waals surface area contributed by atoms with E-state index in [9.17, 15) is 0 Å². The lowest BCUT2D eigenvalue weighted by Crippen LogP contribution is -1.79. The molecule has 3 rings (SSSR count). The van der Waals surface area contributed by atoms with Crippen LogP contribution in [0.4, 0.5) is 0 Å². The lowest BCUT2D eigenvalue weighted by molar-refractivity contribution is 1.39. The van der Waals surface area contributed by atoms with Gasteiger partial charge in [-0.15, -0.1) is 0 Å². The SMILES string of the molecule is C(=Cc1ccccc1Sc1ccccc1)c1ccccc1. The molecule has 0 unspecified atom stereocenters. The molecule has 0 N–H and O–H groups in total. The Bertz CT molecular complexity index is 715. The molecule has 0 saturated heterocycles. The van der Waals surface area contributed by atoms with Gasteiger partial charge in [0.15, 0.2) is 0 Å². The Morgan fingerprint density at radius 1 is 0.571 bits per heavy atom. The molecule has 3 aromatic rings. The van der Waals surface area contributed by atoms with Gasteiger partial charge in [0.2, 0.25) is 0 Å². The Hall–Kier alpha value is -2.25. The predicted octanol–water partition coefficient (Wildman–Crippen LogP) is 6.01. The molecule has 0 nitrogen and oxygen atoms in total. The fraction of sp³-hybridized carbons (Fsp3) is 0. The van der Waals surface area contributed by atoms with Gasteiger partial charge in [0, 0.05) is 9.79 Å². The highest BCUT2D eigenvalue weighted by Crippen LogP contribution is 2.31. The van der Waals surface area contributed by atoms with Gasteiger partial charge in [0.05, 0.1) is 0 Å². The van der Waals surface area contributed by atoms with Crippen molar-refractivity contribution >= 4 is 23.9 Å². The fourth-order valence-corrected chi connectivity index (χ4v) is 3.02. The highest BCUT2D eigenvalue weighted by molar-refractivity contribution is 7.99.